The second-order valence-corrected chi connectivity index (χ2v) is 4.18. The molecule has 0 bridgehead atoms. The van der Waals surface area contributed by atoms with E-state index in [-0.39, 0.29) is 18.8 Å². The number of rotatable bonds is 7. The van der Waals surface area contributed by atoms with Gasteiger partial charge in [0.25, 0.3) is 0 Å². The monoisotopic (exact) mass is 275 g/mol. The highest BCUT2D eigenvalue weighted by molar-refractivity contribution is 5.74. The number of hydrogen-bond donors (Lipinski definition) is 0. The van der Waals surface area contributed by atoms with Crippen molar-refractivity contribution in [2.24, 2.45) is 0 Å². The summed E-state index contributed by atoms with van der Waals surface area (Å²) in [5.41, 5.74) is 0.503. The van der Waals surface area contributed by atoms with E-state index in [1.807, 2.05) is 13.0 Å². The van der Waals surface area contributed by atoms with Crippen molar-refractivity contribution < 1.29 is 19.1 Å². The first-order valence-electron chi connectivity index (χ1n) is 6.52. The summed E-state index contributed by atoms with van der Waals surface area (Å²) in [4.78, 5) is 22.7. The minimum atomic E-state index is -0.405. The molecular formula is C15H17NO4. The molecule has 0 unspecified atom stereocenters. The van der Waals surface area contributed by atoms with Gasteiger partial charge in [-0.2, -0.15) is 5.26 Å². The first-order chi connectivity index (χ1) is 9.65. The van der Waals surface area contributed by atoms with Crippen LogP contribution >= 0.6 is 0 Å². The first kappa shape index (κ1) is 15.7. The van der Waals surface area contributed by atoms with E-state index in [0.717, 1.165) is 6.42 Å². The van der Waals surface area contributed by atoms with Gasteiger partial charge in [-0.1, -0.05) is 6.92 Å². The van der Waals surface area contributed by atoms with Crippen molar-refractivity contribution >= 4 is 11.9 Å². The second-order valence-electron chi connectivity index (χ2n) is 4.18. The molecule has 0 aliphatic rings. The number of esters is 2. The van der Waals surface area contributed by atoms with Gasteiger partial charge >= 0.3 is 11.9 Å². The largest absolute Gasteiger partial charge is 0.466 e. The third-order valence-electron chi connectivity index (χ3n) is 2.44. The lowest BCUT2D eigenvalue weighted by atomic mass is 10.2. The van der Waals surface area contributed by atoms with E-state index in [1.165, 1.54) is 0 Å². The highest BCUT2D eigenvalue weighted by Gasteiger charge is 2.08. The predicted molar refractivity (Wildman–Crippen MR) is 71.9 cm³/mol. The Bertz CT molecular complexity index is 488. The van der Waals surface area contributed by atoms with Gasteiger partial charge < -0.3 is 9.47 Å². The summed E-state index contributed by atoms with van der Waals surface area (Å²) in [6.07, 6.45) is 1.55. The van der Waals surface area contributed by atoms with Crippen LogP contribution in [-0.2, 0) is 14.3 Å². The van der Waals surface area contributed by atoms with Crippen LogP contribution in [0.3, 0.4) is 0 Å². The van der Waals surface area contributed by atoms with Gasteiger partial charge in [-0.15, -0.1) is 0 Å². The molecular weight excluding hydrogens is 258 g/mol. The van der Waals surface area contributed by atoms with Gasteiger partial charge in [0.15, 0.2) is 0 Å². The van der Waals surface area contributed by atoms with Crippen LogP contribution in [0.25, 0.3) is 0 Å². The molecule has 0 atom stereocenters. The molecule has 0 saturated carbocycles. The number of ether oxygens (including phenoxy) is 2. The second kappa shape index (κ2) is 8.70. The van der Waals surface area contributed by atoms with Crippen LogP contribution in [0.15, 0.2) is 24.3 Å². The Kier molecular flexibility index (Phi) is 6.83. The molecule has 0 heterocycles. The Morgan fingerprint density at radius 1 is 1.15 bits per heavy atom. The molecule has 106 valence electrons. The Morgan fingerprint density at radius 3 is 2.40 bits per heavy atom. The predicted octanol–water partition coefficient (Wildman–Crippen LogP) is 2.59. The summed E-state index contributed by atoms with van der Waals surface area (Å²) in [5.74, 6) is -0.307. The molecule has 5 nitrogen and oxygen atoms in total. The fraction of sp³-hybridized carbons (Fsp3) is 0.400. The summed E-state index contributed by atoms with van der Waals surface area (Å²) in [5, 5.41) is 8.64. The topological polar surface area (TPSA) is 76.4 Å². The van der Waals surface area contributed by atoms with E-state index < -0.39 is 5.97 Å². The minimum absolute atomic E-state index is 0.154. The number of benzene rings is 1. The summed E-state index contributed by atoms with van der Waals surface area (Å²) in [6.45, 7) is 2.33. The standard InChI is InChI=1S/C15H17NO4/c1-2-10-19-14(17)4-3-5-15(18)20-13-8-6-12(11-16)7-9-13/h6-9H,2-5,10H2,1H3. The van der Waals surface area contributed by atoms with Gasteiger partial charge in [-0.3, -0.25) is 9.59 Å². The molecule has 0 aliphatic carbocycles. The number of nitriles is 1. The lowest BCUT2D eigenvalue weighted by Gasteiger charge is -2.04. The number of nitrogens with zero attached hydrogens (tertiary/aromatic N) is 1. The minimum Gasteiger partial charge on any atom is -0.466 e. The molecule has 0 aromatic heterocycles. The molecule has 1 rings (SSSR count). The highest BCUT2D eigenvalue weighted by Crippen LogP contribution is 2.13. The van der Waals surface area contributed by atoms with Gasteiger partial charge in [-0.25, -0.2) is 0 Å². The molecule has 0 saturated heterocycles. The first-order valence-corrected chi connectivity index (χ1v) is 6.52. The number of carbonyl (C=O) groups is 2. The van der Waals surface area contributed by atoms with E-state index in [9.17, 15) is 9.59 Å². The normalized spacial score (nSPS) is 9.60. The zero-order valence-corrected chi connectivity index (χ0v) is 11.4. The van der Waals surface area contributed by atoms with Gasteiger partial charge in [0.2, 0.25) is 0 Å². The summed E-state index contributed by atoms with van der Waals surface area (Å²) in [7, 11) is 0. The smallest absolute Gasteiger partial charge is 0.311 e. The SMILES string of the molecule is CCCOC(=O)CCCC(=O)Oc1ccc(C#N)cc1. The third-order valence-corrected chi connectivity index (χ3v) is 2.44. The summed E-state index contributed by atoms with van der Waals surface area (Å²) >= 11 is 0. The van der Waals surface area contributed by atoms with Gasteiger partial charge in [0.1, 0.15) is 5.75 Å². The van der Waals surface area contributed by atoms with Gasteiger partial charge in [0.05, 0.1) is 18.2 Å². The fourth-order valence-electron chi connectivity index (χ4n) is 1.45. The van der Waals surface area contributed by atoms with Crippen LogP contribution in [0.4, 0.5) is 0 Å². The molecule has 5 heteroatoms. The Morgan fingerprint density at radius 2 is 1.80 bits per heavy atom. The lowest BCUT2D eigenvalue weighted by molar-refractivity contribution is -0.144. The lowest BCUT2D eigenvalue weighted by Crippen LogP contribution is -2.10. The third kappa shape index (κ3) is 6.01. The molecule has 0 N–H and O–H groups in total. The molecule has 0 fully saturated rings. The van der Waals surface area contributed by atoms with Crippen molar-refractivity contribution in [3.63, 3.8) is 0 Å². The maximum Gasteiger partial charge on any atom is 0.311 e. The van der Waals surface area contributed by atoms with E-state index in [0.29, 0.717) is 24.3 Å². The molecule has 20 heavy (non-hydrogen) atoms. The number of carbonyl (C=O) groups excluding carboxylic acids is 2. The van der Waals surface area contributed by atoms with Crippen LogP contribution in [0, 0.1) is 11.3 Å². The van der Waals surface area contributed by atoms with Crippen LogP contribution in [0.5, 0.6) is 5.75 Å². The van der Waals surface area contributed by atoms with Crippen LogP contribution < -0.4 is 4.74 Å². The molecule has 1 aromatic carbocycles. The average Bonchev–Trinajstić information content (AvgIpc) is 2.46. The fourth-order valence-corrected chi connectivity index (χ4v) is 1.45. The van der Waals surface area contributed by atoms with Gasteiger partial charge in [-0.05, 0) is 37.1 Å². The molecule has 0 aliphatic heterocycles. The van der Waals surface area contributed by atoms with Gasteiger partial charge in [0, 0.05) is 12.8 Å². The van der Waals surface area contributed by atoms with E-state index >= 15 is 0 Å². The maximum atomic E-state index is 11.5. The summed E-state index contributed by atoms with van der Waals surface area (Å²) < 4.78 is 9.97. The Labute approximate surface area is 118 Å². The van der Waals surface area contributed by atoms with Crippen molar-refractivity contribution in [3.05, 3.63) is 29.8 Å². The van der Waals surface area contributed by atoms with Crippen LogP contribution in [-0.4, -0.2) is 18.5 Å². The van der Waals surface area contributed by atoms with Crippen molar-refractivity contribution in [3.8, 4) is 11.8 Å². The van der Waals surface area contributed by atoms with Crippen LogP contribution in [0.1, 0.15) is 38.2 Å². The van der Waals surface area contributed by atoms with Crippen molar-refractivity contribution in [2.75, 3.05) is 6.61 Å². The molecule has 0 radical (unpaired) electrons. The van der Waals surface area contributed by atoms with Crippen molar-refractivity contribution in [1.82, 2.24) is 0 Å². The van der Waals surface area contributed by atoms with Crippen molar-refractivity contribution in [1.29, 1.82) is 5.26 Å². The average molecular weight is 275 g/mol. The molecule has 0 amide bonds. The van der Waals surface area contributed by atoms with E-state index in [1.54, 1.807) is 24.3 Å². The zero-order chi connectivity index (χ0) is 14.8. The molecule has 1 aromatic rings. The Hall–Kier alpha value is -2.35. The van der Waals surface area contributed by atoms with E-state index in [4.69, 9.17) is 14.7 Å². The Balaban J connectivity index is 2.26. The zero-order valence-electron chi connectivity index (χ0n) is 11.4. The maximum absolute atomic E-state index is 11.5. The number of hydrogen-bond acceptors (Lipinski definition) is 5. The quantitative estimate of drug-likeness (QED) is 0.564. The summed E-state index contributed by atoms with van der Waals surface area (Å²) in [6, 6.07) is 8.25. The van der Waals surface area contributed by atoms with E-state index in [2.05, 4.69) is 0 Å². The molecule has 0 spiro atoms. The van der Waals surface area contributed by atoms with Crippen LogP contribution in [0.2, 0.25) is 0 Å². The highest BCUT2D eigenvalue weighted by atomic mass is 16.5. The van der Waals surface area contributed by atoms with Crippen molar-refractivity contribution in [2.45, 2.75) is 32.6 Å².